The summed E-state index contributed by atoms with van der Waals surface area (Å²) in [7, 11) is 1.64. The maximum Gasteiger partial charge on any atom is 0.228 e. The standard InChI is InChI=1S/C30H28N4O4/c1-17(2)22-11-5-18(3)13-24(22)37-15-26-32-29-28-27(19-6-9-21(36-4)10-7-19)23-12-8-20(35)14-25(23)38-30(28)31-16-34(29)33-26/h5-14,16-17,27,35H,15H2,1-4H3/t27-/m0/s1. The second kappa shape index (κ2) is 9.37. The van der Waals surface area contributed by atoms with E-state index >= 15 is 0 Å². The maximum absolute atomic E-state index is 10.1. The number of rotatable bonds is 6. The van der Waals surface area contributed by atoms with Crippen molar-refractivity contribution in [2.45, 2.75) is 39.2 Å². The van der Waals surface area contributed by atoms with Crippen molar-refractivity contribution in [3.8, 4) is 28.9 Å². The smallest absolute Gasteiger partial charge is 0.228 e. The summed E-state index contributed by atoms with van der Waals surface area (Å²) in [6, 6.07) is 19.3. The fraction of sp³-hybridized carbons (Fsp3) is 0.233. The lowest BCUT2D eigenvalue weighted by Gasteiger charge is -2.28. The Hall–Kier alpha value is -4.59. The summed E-state index contributed by atoms with van der Waals surface area (Å²) < 4.78 is 19.4. The predicted molar refractivity (Wildman–Crippen MR) is 143 cm³/mol. The molecule has 38 heavy (non-hydrogen) atoms. The van der Waals surface area contributed by atoms with E-state index in [0.717, 1.165) is 39.3 Å². The van der Waals surface area contributed by atoms with Crippen molar-refractivity contribution in [3.05, 3.63) is 101 Å². The minimum atomic E-state index is -0.237. The summed E-state index contributed by atoms with van der Waals surface area (Å²) in [6.07, 6.45) is 1.59. The van der Waals surface area contributed by atoms with Gasteiger partial charge >= 0.3 is 0 Å². The lowest BCUT2D eigenvalue weighted by atomic mass is 9.84. The number of nitrogens with zero attached hydrogens (tertiary/aromatic N) is 4. The number of aromatic hydroxyl groups is 1. The molecule has 2 aromatic heterocycles. The molecule has 1 N–H and O–H groups in total. The van der Waals surface area contributed by atoms with E-state index in [1.165, 1.54) is 0 Å². The van der Waals surface area contributed by atoms with Gasteiger partial charge in [0.05, 0.1) is 12.7 Å². The summed E-state index contributed by atoms with van der Waals surface area (Å²) in [5, 5.41) is 14.8. The molecule has 0 bridgehead atoms. The highest BCUT2D eigenvalue weighted by Crippen LogP contribution is 2.48. The summed E-state index contributed by atoms with van der Waals surface area (Å²) in [6.45, 7) is 6.57. The van der Waals surface area contributed by atoms with Gasteiger partial charge in [-0.1, -0.05) is 44.2 Å². The number of aryl methyl sites for hydroxylation is 1. The number of hydrogen-bond acceptors (Lipinski definition) is 7. The highest BCUT2D eigenvalue weighted by atomic mass is 16.5. The molecule has 8 nitrogen and oxygen atoms in total. The molecule has 6 rings (SSSR count). The van der Waals surface area contributed by atoms with Crippen LogP contribution in [0.5, 0.6) is 28.9 Å². The van der Waals surface area contributed by atoms with Gasteiger partial charge in [-0.25, -0.2) is 14.5 Å². The molecule has 1 aliphatic heterocycles. The van der Waals surface area contributed by atoms with Crippen molar-refractivity contribution >= 4 is 5.65 Å². The molecule has 0 saturated heterocycles. The van der Waals surface area contributed by atoms with Gasteiger partial charge in [-0.05, 0) is 53.8 Å². The molecule has 1 atom stereocenters. The Morgan fingerprint density at radius 1 is 1.05 bits per heavy atom. The topological polar surface area (TPSA) is 91.0 Å². The summed E-state index contributed by atoms with van der Waals surface area (Å²) in [4.78, 5) is 9.43. The Bertz CT molecular complexity index is 1640. The van der Waals surface area contributed by atoms with Crippen molar-refractivity contribution in [1.82, 2.24) is 19.6 Å². The second-order valence-corrected chi connectivity index (χ2v) is 9.77. The molecule has 0 radical (unpaired) electrons. The van der Waals surface area contributed by atoms with Crippen molar-refractivity contribution in [3.63, 3.8) is 0 Å². The fourth-order valence-corrected chi connectivity index (χ4v) is 4.94. The van der Waals surface area contributed by atoms with Crippen LogP contribution in [0.25, 0.3) is 5.65 Å². The van der Waals surface area contributed by atoms with E-state index in [2.05, 4.69) is 49.1 Å². The lowest BCUT2D eigenvalue weighted by Crippen LogP contribution is -2.15. The zero-order chi connectivity index (χ0) is 26.4. The molecule has 5 aromatic rings. The van der Waals surface area contributed by atoms with Gasteiger partial charge in [0.1, 0.15) is 35.9 Å². The van der Waals surface area contributed by atoms with E-state index < -0.39 is 0 Å². The van der Waals surface area contributed by atoms with Crippen molar-refractivity contribution < 1.29 is 19.3 Å². The second-order valence-electron chi connectivity index (χ2n) is 9.77. The van der Waals surface area contributed by atoms with Gasteiger partial charge in [-0.2, -0.15) is 0 Å². The van der Waals surface area contributed by atoms with E-state index in [0.29, 0.717) is 29.0 Å². The van der Waals surface area contributed by atoms with Gasteiger partial charge in [0.2, 0.25) is 5.88 Å². The number of phenolic OH excluding ortho intramolecular Hbond substituents is 1. The first-order chi connectivity index (χ1) is 18.4. The number of ether oxygens (including phenoxy) is 3. The Kier molecular flexibility index (Phi) is 5.87. The van der Waals surface area contributed by atoms with Crippen LogP contribution in [-0.4, -0.2) is 31.8 Å². The Balaban J connectivity index is 1.43. The summed E-state index contributed by atoms with van der Waals surface area (Å²) in [5.41, 5.74) is 5.63. The van der Waals surface area contributed by atoms with Crippen molar-refractivity contribution in [1.29, 1.82) is 0 Å². The normalized spacial score (nSPS) is 14.2. The molecule has 192 valence electrons. The van der Waals surface area contributed by atoms with Crippen molar-refractivity contribution in [2.24, 2.45) is 0 Å². The van der Waals surface area contributed by atoms with Gasteiger partial charge in [0.25, 0.3) is 0 Å². The third kappa shape index (κ3) is 4.18. The van der Waals surface area contributed by atoms with Crippen LogP contribution < -0.4 is 14.2 Å². The highest BCUT2D eigenvalue weighted by Gasteiger charge is 2.33. The van der Waals surface area contributed by atoms with E-state index in [1.54, 1.807) is 30.1 Å². The first-order valence-corrected chi connectivity index (χ1v) is 12.5. The van der Waals surface area contributed by atoms with Crippen LogP contribution in [0.1, 0.15) is 59.3 Å². The number of fused-ring (bicyclic) bond motifs is 4. The molecule has 0 unspecified atom stereocenters. The minimum Gasteiger partial charge on any atom is -0.508 e. The summed E-state index contributed by atoms with van der Waals surface area (Å²) >= 11 is 0. The molecule has 3 heterocycles. The molecule has 0 saturated carbocycles. The van der Waals surface area contributed by atoms with Gasteiger partial charge in [-0.3, -0.25) is 0 Å². The number of aromatic nitrogens is 4. The lowest BCUT2D eigenvalue weighted by molar-refractivity contribution is 0.291. The van der Waals surface area contributed by atoms with E-state index in [1.807, 2.05) is 30.3 Å². The molecule has 3 aromatic carbocycles. The van der Waals surface area contributed by atoms with Crippen LogP contribution >= 0.6 is 0 Å². The third-order valence-corrected chi connectivity index (χ3v) is 6.83. The molecule has 8 heteroatoms. The number of benzene rings is 3. The number of hydrogen-bond donors (Lipinski definition) is 1. The average Bonchev–Trinajstić information content (AvgIpc) is 3.34. The third-order valence-electron chi connectivity index (χ3n) is 6.83. The fourth-order valence-electron chi connectivity index (χ4n) is 4.94. The molecule has 0 fully saturated rings. The van der Waals surface area contributed by atoms with Gasteiger partial charge in [0.15, 0.2) is 11.5 Å². The van der Waals surface area contributed by atoms with Gasteiger partial charge < -0.3 is 19.3 Å². The zero-order valence-corrected chi connectivity index (χ0v) is 21.7. The van der Waals surface area contributed by atoms with Crippen LogP contribution in [-0.2, 0) is 6.61 Å². The van der Waals surface area contributed by atoms with Crippen LogP contribution in [0, 0.1) is 6.92 Å². The minimum absolute atomic E-state index is 0.126. The average molecular weight is 509 g/mol. The number of phenols is 1. The molecule has 1 aliphatic rings. The molecular formula is C30H28N4O4. The van der Waals surface area contributed by atoms with Gasteiger partial charge in [0, 0.05) is 17.5 Å². The molecule has 0 amide bonds. The molecular weight excluding hydrogens is 480 g/mol. The van der Waals surface area contributed by atoms with Crippen LogP contribution in [0.2, 0.25) is 0 Å². The Morgan fingerprint density at radius 3 is 2.63 bits per heavy atom. The summed E-state index contributed by atoms with van der Waals surface area (Å²) in [5.74, 6) is 3.35. The molecule has 0 spiro atoms. The van der Waals surface area contributed by atoms with Crippen molar-refractivity contribution in [2.75, 3.05) is 7.11 Å². The first-order valence-electron chi connectivity index (χ1n) is 12.5. The molecule has 0 aliphatic carbocycles. The van der Waals surface area contributed by atoms with E-state index in [9.17, 15) is 5.11 Å². The quantitative estimate of drug-likeness (QED) is 0.289. The SMILES string of the molecule is COc1ccc([C@H]2c3ccc(O)cc3Oc3ncn4nc(COc5cc(C)ccc5C(C)C)nc4c32)cc1. The Morgan fingerprint density at radius 2 is 1.87 bits per heavy atom. The van der Waals surface area contributed by atoms with Crippen LogP contribution in [0.4, 0.5) is 0 Å². The highest BCUT2D eigenvalue weighted by molar-refractivity contribution is 5.66. The predicted octanol–water partition coefficient (Wildman–Crippen LogP) is 6.14. The van der Waals surface area contributed by atoms with Gasteiger partial charge in [-0.15, -0.1) is 5.10 Å². The monoisotopic (exact) mass is 508 g/mol. The zero-order valence-electron chi connectivity index (χ0n) is 21.7. The van der Waals surface area contributed by atoms with Crippen LogP contribution in [0.3, 0.4) is 0 Å². The first kappa shape index (κ1) is 23.8. The maximum atomic E-state index is 10.1. The number of methoxy groups -OCH3 is 1. The Labute approximate surface area is 220 Å². The largest absolute Gasteiger partial charge is 0.508 e. The van der Waals surface area contributed by atoms with Crippen LogP contribution in [0.15, 0.2) is 67.0 Å². The van der Waals surface area contributed by atoms with E-state index in [-0.39, 0.29) is 18.3 Å². The van der Waals surface area contributed by atoms with E-state index in [4.69, 9.17) is 19.2 Å².